The number of hydrogen-bond acceptors (Lipinski definition) is 5. The Bertz CT molecular complexity index is 1560. The van der Waals surface area contributed by atoms with Crippen LogP contribution in [0.3, 0.4) is 0 Å². The van der Waals surface area contributed by atoms with Crippen LogP contribution in [0.5, 0.6) is 11.5 Å². The van der Waals surface area contributed by atoms with E-state index in [9.17, 15) is 9.59 Å². The largest absolute Gasteiger partial charge is 0.454 e. The number of rotatable bonds is 6. The van der Waals surface area contributed by atoms with Crippen molar-refractivity contribution in [3.05, 3.63) is 120 Å². The van der Waals surface area contributed by atoms with Gasteiger partial charge in [-0.3, -0.25) is 9.59 Å². The molecular weight excluding hydrogens is 468 g/mol. The van der Waals surface area contributed by atoms with Crippen molar-refractivity contribution < 1.29 is 23.5 Å². The van der Waals surface area contributed by atoms with Crippen molar-refractivity contribution in [2.24, 2.45) is 0 Å². The number of nitrogens with one attached hydrogen (secondary N) is 2. The number of anilines is 2. The van der Waals surface area contributed by atoms with Gasteiger partial charge >= 0.3 is 0 Å². The molecule has 0 saturated carbocycles. The van der Waals surface area contributed by atoms with Gasteiger partial charge in [0.25, 0.3) is 5.91 Å². The SMILES string of the molecule is O=C(Nc1ccc2c(c1)OCO2)c1oc2ccccc2c1NC(=O)C(c1ccccc1)c1ccccc1. The minimum atomic E-state index is -0.583. The van der Waals surface area contributed by atoms with Crippen LogP contribution in [0.2, 0.25) is 0 Å². The fraction of sp³-hybridized carbons (Fsp3) is 0.0667. The summed E-state index contributed by atoms with van der Waals surface area (Å²) in [6, 6.07) is 31.4. The molecule has 5 aromatic rings. The van der Waals surface area contributed by atoms with Crippen LogP contribution in [0.4, 0.5) is 11.4 Å². The Morgan fingerprint density at radius 3 is 2.08 bits per heavy atom. The van der Waals surface area contributed by atoms with Crippen molar-refractivity contribution in [1.29, 1.82) is 0 Å². The third kappa shape index (κ3) is 4.38. The Hall–Kier alpha value is -5.04. The van der Waals surface area contributed by atoms with Crippen molar-refractivity contribution in [2.75, 3.05) is 17.4 Å². The normalized spacial score (nSPS) is 12.0. The molecular formula is C30H22N2O5. The van der Waals surface area contributed by atoms with E-state index in [1.165, 1.54) is 0 Å². The zero-order valence-corrected chi connectivity index (χ0v) is 19.6. The van der Waals surface area contributed by atoms with Gasteiger partial charge in [-0.25, -0.2) is 0 Å². The molecule has 2 amide bonds. The lowest BCUT2D eigenvalue weighted by atomic mass is 9.90. The molecule has 0 unspecified atom stereocenters. The predicted octanol–water partition coefficient (Wildman–Crippen LogP) is 6.18. The molecule has 1 aliphatic heterocycles. The molecule has 182 valence electrons. The number of ether oxygens (including phenoxy) is 2. The zero-order chi connectivity index (χ0) is 25.2. The first-order valence-electron chi connectivity index (χ1n) is 11.8. The maximum atomic E-state index is 13.8. The summed E-state index contributed by atoms with van der Waals surface area (Å²) in [7, 11) is 0. The van der Waals surface area contributed by atoms with Gasteiger partial charge in [0.1, 0.15) is 11.3 Å². The Labute approximate surface area is 212 Å². The average molecular weight is 491 g/mol. The van der Waals surface area contributed by atoms with Crippen LogP contribution in [0.1, 0.15) is 27.6 Å². The number of benzene rings is 4. The summed E-state index contributed by atoms with van der Waals surface area (Å²) in [5.74, 6) is -0.192. The van der Waals surface area contributed by atoms with Crippen molar-refractivity contribution in [2.45, 2.75) is 5.92 Å². The fourth-order valence-electron chi connectivity index (χ4n) is 4.47. The highest BCUT2D eigenvalue weighted by Gasteiger charge is 2.28. The Morgan fingerprint density at radius 2 is 1.35 bits per heavy atom. The molecule has 7 nitrogen and oxygen atoms in total. The summed E-state index contributed by atoms with van der Waals surface area (Å²) < 4.78 is 16.7. The monoisotopic (exact) mass is 490 g/mol. The summed E-state index contributed by atoms with van der Waals surface area (Å²) >= 11 is 0. The van der Waals surface area contributed by atoms with Gasteiger partial charge in [-0.2, -0.15) is 0 Å². The van der Waals surface area contributed by atoms with E-state index in [1.54, 1.807) is 24.3 Å². The van der Waals surface area contributed by atoms with Crippen molar-refractivity contribution >= 4 is 34.2 Å². The van der Waals surface area contributed by atoms with Gasteiger partial charge in [0.05, 0.1) is 5.92 Å². The second-order valence-electron chi connectivity index (χ2n) is 8.57. The summed E-state index contributed by atoms with van der Waals surface area (Å²) in [5.41, 5.74) is 2.99. The number of hydrogen-bond donors (Lipinski definition) is 2. The minimum absolute atomic E-state index is 0.00656. The molecule has 0 bridgehead atoms. The summed E-state index contributed by atoms with van der Waals surface area (Å²) in [6.45, 7) is 0.135. The lowest BCUT2D eigenvalue weighted by molar-refractivity contribution is -0.116. The maximum absolute atomic E-state index is 13.8. The number of para-hydroxylation sites is 1. The molecule has 37 heavy (non-hydrogen) atoms. The quantitative estimate of drug-likeness (QED) is 0.296. The Kier molecular flexibility index (Phi) is 5.78. The number of fused-ring (bicyclic) bond motifs is 2. The van der Waals surface area contributed by atoms with Crippen LogP contribution in [-0.4, -0.2) is 18.6 Å². The molecule has 1 aliphatic rings. The van der Waals surface area contributed by atoms with Crippen LogP contribution >= 0.6 is 0 Å². The summed E-state index contributed by atoms with van der Waals surface area (Å²) in [6.07, 6.45) is 0. The molecule has 0 radical (unpaired) electrons. The van der Waals surface area contributed by atoms with E-state index in [-0.39, 0.29) is 18.5 Å². The molecule has 1 aromatic heterocycles. The second kappa shape index (κ2) is 9.54. The molecule has 0 saturated heterocycles. The van der Waals surface area contributed by atoms with Gasteiger partial charge in [-0.1, -0.05) is 72.8 Å². The summed E-state index contributed by atoms with van der Waals surface area (Å²) in [5, 5.41) is 6.47. The highest BCUT2D eigenvalue weighted by atomic mass is 16.7. The van der Waals surface area contributed by atoms with Gasteiger partial charge in [0, 0.05) is 17.1 Å². The second-order valence-corrected chi connectivity index (χ2v) is 8.57. The molecule has 2 N–H and O–H groups in total. The lowest BCUT2D eigenvalue weighted by Gasteiger charge is -2.18. The van der Waals surface area contributed by atoms with Gasteiger partial charge < -0.3 is 24.5 Å². The highest BCUT2D eigenvalue weighted by Crippen LogP contribution is 2.36. The number of carbonyl (C=O) groups is 2. The van der Waals surface area contributed by atoms with E-state index >= 15 is 0 Å². The number of furan rings is 1. The van der Waals surface area contributed by atoms with Crippen LogP contribution in [-0.2, 0) is 4.79 Å². The first-order chi connectivity index (χ1) is 18.2. The first-order valence-corrected chi connectivity index (χ1v) is 11.8. The van der Waals surface area contributed by atoms with E-state index in [1.807, 2.05) is 78.9 Å². The molecule has 2 heterocycles. The van der Waals surface area contributed by atoms with E-state index in [4.69, 9.17) is 13.9 Å². The number of amides is 2. The molecule has 7 heteroatoms. The molecule has 6 rings (SSSR count). The van der Waals surface area contributed by atoms with E-state index in [0.29, 0.717) is 33.8 Å². The highest BCUT2D eigenvalue weighted by molar-refractivity contribution is 6.15. The Balaban J connectivity index is 1.36. The molecule has 0 atom stereocenters. The van der Waals surface area contributed by atoms with Crippen molar-refractivity contribution in [1.82, 2.24) is 0 Å². The summed E-state index contributed by atoms with van der Waals surface area (Å²) in [4.78, 5) is 27.2. The first kappa shape index (κ1) is 22.4. The maximum Gasteiger partial charge on any atom is 0.293 e. The van der Waals surface area contributed by atoms with E-state index < -0.39 is 11.8 Å². The topological polar surface area (TPSA) is 89.8 Å². The van der Waals surface area contributed by atoms with Crippen molar-refractivity contribution in [3.63, 3.8) is 0 Å². The third-order valence-corrected chi connectivity index (χ3v) is 6.21. The molecule has 4 aromatic carbocycles. The average Bonchev–Trinajstić information content (AvgIpc) is 3.55. The van der Waals surface area contributed by atoms with Gasteiger partial charge in [-0.05, 0) is 35.4 Å². The predicted molar refractivity (Wildman–Crippen MR) is 140 cm³/mol. The van der Waals surface area contributed by atoms with Crippen LogP contribution in [0.25, 0.3) is 11.0 Å². The zero-order valence-electron chi connectivity index (χ0n) is 19.6. The van der Waals surface area contributed by atoms with Crippen LogP contribution in [0.15, 0.2) is 108 Å². The number of carbonyl (C=O) groups excluding carboxylic acids is 2. The Morgan fingerprint density at radius 1 is 0.703 bits per heavy atom. The smallest absolute Gasteiger partial charge is 0.293 e. The van der Waals surface area contributed by atoms with Gasteiger partial charge in [0.15, 0.2) is 11.5 Å². The third-order valence-electron chi connectivity index (χ3n) is 6.21. The van der Waals surface area contributed by atoms with Gasteiger partial charge in [-0.15, -0.1) is 0 Å². The molecule has 0 spiro atoms. The van der Waals surface area contributed by atoms with E-state index in [2.05, 4.69) is 10.6 Å². The fourth-order valence-corrected chi connectivity index (χ4v) is 4.47. The van der Waals surface area contributed by atoms with Crippen LogP contribution in [0, 0.1) is 0 Å². The standard InChI is InChI=1S/C30H22N2O5/c33-29(26(19-9-3-1-4-10-19)20-11-5-2-6-12-20)32-27-22-13-7-8-14-23(22)37-28(27)30(34)31-21-15-16-24-25(17-21)36-18-35-24/h1-17,26H,18H2,(H,31,34)(H,32,33). The minimum Gasteiger partial charge on any atom is -0.454 e. The lowest BCUT2D eigenvalue weighted by Crippen LogP contribution is -2.23. The van der Waals surface area contributed by atoms with E-state index in [0.717, 1.165) is 11.1 Å². The van der Waals surface area contributed by atoms with Gasteiger partial charge in [0.2, 0.25) is 18.5 Å². The van der Waals surface area contributed by atoms with Crippen LogP contribution < -0.4 is 20.1 Å². The molecule has 0 fully saturated rings. The molecule has 0 aliphatic carbocycles. The van der Waals surface area contributed by atoms with Crippen molar-refractivity contribution in [3.8, 4) is 11.5 Å².